The van der Waals surface area contributed by atoms with Crippen LogP contribution >= 0.6 is 22.9 Å². The summed E-state index contributed by atoms with van der Waals surface area (Å²) >= 11 is 7.38. The maximum atomic E-state index is 12.2. The number of nitrogens with one attached hydrogen (secondary N) is 2. The Morgan fingerprint density at radius 2 is 2.19 bits per heavy atom. The number of hydrogen-bond donors (Lipinski definition) is 2. The number of amides is 1. The first-order valence-corrected chi connectivity index (χ1v) is 8.05. The Bertz CT molecular complexity index is 597. The lowest BCUT2D eigenvalue weighted by molar-refractivity contribution is 0.0940. The molecule has 1 unspecified atom stereocenters. The lowest BCUT2D eigenvalue weighted by Gasteiger charge is -2.12. The molecule has 0 spiro atoms. The third kappa shape index (κ3) is 4.44. The number of halogens is 1. The second-order valence-corrected chi connectivity index (χ2v) is 6.44. The van der Waals surface area contributed by atoms with E-state index in [1.807, 2.05) is 25.1 Å². The van der Waals surface area contributed by atoms with Crippen LogP contribution in [0.5, 0.6) is 0 Å². The van der Waals surface area contributed by atoms with Gasteiger partial charge in [0.25, 0.3) is 5.91 Å². The van der Waals surface area contributed by atoms with Crippen molar-refractivity contribution < 1.29 is 4.79 Å². The highest BCUT2D eigenvalue weighted by Crippen LogP contribution is 2.26. The van der Waals surface area contributed by atoms with Gasteiger partial charge in [-0.3, -0.25) is 4.79 Å². The van der Waals surface area contributed by atoms with Gasteiger partial charge in [-0.1, -0.05) is 18.5 Å². The first-order chi connectivity index (χ1) is 10.1. The number of hydrogen-bond acceptors (Lipinski definition) is 4. The molecule has 2 aromatic rings. The van der Waals surface area contributed by atoms with Gasteiger partial charge >= 0.3 is 0 Å². The summed E-state index contributed by atoms with van der Waals surface area (Å²) in [5.41, 5.74) is 0.548. The molecule has 21 heavy (non-hydrogen) atoms. The highest BCUT2D eigenvalue weighted by molar-refractivity contribution is 7.16. The fourth-order valence-corrected chi connectivity index (χ4v) is 2.86. The van der Waals surface area contributed by atoms with Crippen molar-refractivity contribution in [1.29, 1.82) is 0 Å². The molecule has 0 aliphatic heterocycles. The standard InChI is InChI=1S/C15H18ClN3OS/c1-3-8-17-14-7-4-11(9-18-14)15(20)19-10(2)12-5-6-13(16)21-12/h4-7,9-10H,3,8H2,1-2H3,(H,17,18)(H,19,20). The predicted octanol–water partition coefficient (Wildman–Crippen LogP) is 4.11. The average Bonchev–Trinajstić information content (AvgIpc) is 2.92. The van der Waals surface area contributed by atoms with E-state index in [1.165, 1.54) is 11.3 Å². The molecule has 1 amide bonds. The maximum absolute atomic E-state index is 12.2. The van der Waals surface area contributed by atoms with Crippen LogP contribution in [0.25, 0.3) is 0 Å². The molecule has 0 fully saturated rings. The van der Waals surface area contributed by atoms with Crippen LogP contribution in [0.1, 0.15) is 41.5 Å². The number of aromatic nitrogens is 1. The first-order valence-electron chi connectivity index (χ1n) is 6.86. The van der Waals surface area contributed by atoms with Gasteiger partial charge in [0.15, 0.2) is 0 Å². The molecule has 0 bridgehead atoms. The van der Waals surface area contributed by atoms with Crippen LogP contribution in [0.4, 0.5) is 5.82 Å². The molecular formula is C15H18ClN3OS. The fourth-order valence-electron chi connectivity index (χ4n) is 1.80. The van der Waals surface area contributed by atoms with Gasteiger partial charge in [0, 0.05) is 17.6 Å². The van der Waals surface area contributed by atoms with E-state index in [0.29, 0.717) is 5.56 Å². The molecule has 0 aliphatic rings. The topological polar surface area (TPSA) is 54.0 Å². The van der Waals surface area contributed by atoms with Crippen LogP contribution in [0.3, 0.4) is 0 Å². The van der Waals surface area contributed by atoms with Gasteiger partial charge in [-0.15, -0.1) is 11.3 Å². The molecule has 0 saturated heterocycles. The fraction of sp³-hybridized carbons (Fsp3) is 0.333. The van der Waals surface area contributed by atoms with E-state index in [4.69, 9.17) is 11.6 Å². The van der Waals surface area contributed by atoms with E-state index in [1.54, 1.807) is 12.3 Å². The first kappa shape index (κ1) is 15.8. The summed E-state index contributed by atoms with van der Waals surface area (Å²) in [4.78, 5) is 17.4. The molecule has 0 aliphatic carbocycles. The minimum Gasteiger partial charge on any atom is -0.370 e. The monoisotopic (exact) mass is 323 g/mol. The van der Waals surface area contributed by atoms with E-state index in [9.17, 15) is 4.79 Å². The van der Waals surface area contributed by atoms with Gasteiger partial charge in [0.2, 0.25) is 0 Å². The largest absolute Gasteiger partial charge is 0.370 e. The van der Waals surface area contributed by atoms with Gasteiger partial charge in [0.1, 0.15) is 5.82 Å². The molecule has 112 valence electrons. The molecule has 1 atom stereocenters. The Morgan fingerprint density at radius 1 is 1.38 bits per heavy atom. The summed E-state index contributed by atoms with van der Waals surface area (Å²) in [6, 6.07) is 7.27. The minimum absolute atomic E-state index is 0.0760. The van der Waals surface area contributed by atoms with E-state index in [2.05, 4.69) is 22.5 Å². The molecule has 2 heterocycles. The minimum atomic E-state index is -0.137. The number of anilines is 1. The van der Waals surface area contributed by atoms with Gasteiger partial charge in [-0.2, -0.15) is 0 Å². The van der Waals surface area contributed by atoms with Crippen molar-refractivity contribution in [2.45, 2.75) is 26.3 Å². The van der Waals surface area contributed by atoms with E-state index in [-0.39, 0.29) is 11.9 Å². The second kappa shape index (κ2) is 7.43. The summed E-state index contributed by atoms with van der Waals surface area (Å²) in [5, 5.41) is 6.11. The number of rotatable bonds is 6. The SMILES string of the molecule is CCCNc1ccc(C(=O)NC(C)c2ccc(Cl)s2)cn1. The third-order valence-corrected chi connectivity index (χ3v) is 4.36. The van der Waals surface area contributed by atoms with Crippen LogP contribution < -0.4 is 10.6 Å². The lowest BCUT2D eigenvalue weighted by Crippen LogP contribution is -2.26. The summed E-state index contributed by atoms with van der Waals surface area (Å²) in [5.74, 6) is 0.646. The van der Waals surface area contributed by atoms with E-state index >= 15 is 0 Å². The number of carbonyl (C=O) groups is 1. The predicted molar refractivity (Wildman–Crippen MR) is 88.2 cm³/mol. The smallest absolute Gasteiger partial charge is 0.253 e. The average molecular weight is 324 g/mol. The van der Waals surface area contributed by atoms with Crippen molar-refractivity contribution in [3.8, 4) is 0 Å². The summed E-state index contributed by atoms with van der Waals surface area (Å²) in [6.07, 6.45) is 2.62. The zero-order valence-corrected chi connectivity index (χ0v) is 13.6. The van der Waals surface area contributed by atoms with Gasteiger partial charge < -0.3 is 10.6 Å². The summed E-state index contributed by atoms with van der Waals surface area (Å²) < 4.78 is 0.721. The van der Waals surface area contributed by atoms with Crippen LogP contribution in [0.2, 0.25) is 4.34 Å². The maximum Gasteiger partial charge on any atom is 0.253 e. The molecule has 4 nitrogen and oxygen atoms in total. The van der Waals surface area contributed by atoms with Gasteiger partial charge in [-0.25, -0.2) is 4.98 Å². The molecule has 0 saturated carbocycles. The number of thiophene rings is 1. The quantitative estimate of drug-likeness (QED) is 0.841. The van der Waals surface area contributed by atoms with Crippen molar-refractivity contribution in [3.05, 3.63) is 45.2 Å². The highest BCUT2D eigenvalue weighted by Gasteiger charge is 2.13. The Hall–Kier alpha value is -1.59. The number of nitrogens with zero attached hydrogens (tertiary/aromatic N) is 1. The summed E-state index contributed by atoms with van der Waals surface area (Å²) in [6.45, 7) is 4.90. The normalized spacial score (nSPS) is 12.0. The van der Waals surface area contributed by atoms with E-state index < -0.39 is 0 Å². The lowest BCUT2D eigenvalue weighted by atomic mass is 10.2. The van der Waals surface area contributed by atoms with Crippen LogP contribution in [-0.4, -0.2) is 17.4 Å². The molecule has 0 aromatic carbocycles. The van der Waals surface area contributed by atoms with Crippen molar-refractivity contribution in [2.24, 2.45) is 0 Å². The van der Waals surface area contributed by atoms with Crippen molar-refractivity contribution in [2.75, 3.05) is 11.9 Å². The van der Waals surface area contributed by atoms with Crippen LogP contribution in [0.15, 0.2) is 30.5 Å². The summed E-state index contributed by atoms with van der Waals surface area (Å²) in [7, 11) is 0. The Kier molecular flexibility index (Phi) is 5.59. The van der Waals surface area contributed by atoms with Gasteiger partial charge in [-0.05, 0) is 37.6 Å². The highest BCUT2D eigenvalue weighted by atomic mass is 35.5. The van der Waals surface area contributed by atoms with E-state index in [0.717, 1.165) is 28.0 Å². The van der Waals surface area contributed by atoms with Crippen LogP contribution in [0, 0.1) is 0 Å². The molecule has 2 aromatic heterocycles. The van der Waals surface area contributed by atoms with Crippen LogP contribution in [-0.2, 0) is 0 Å². The molecule has 6 heteroatoms. The Labute approximate surface area is 133 Å². The molecule has 2 rings (SSSR count). The zero-order chi connectivity index (χ0) is 15.2. The van der Waals surface area contributed by atoms with Crippen molar-refractivity contribution in [3.63, 3.8) is 0 Å². The third-order valence-electron chi connectivity index (χ3n) is 2.95. The van der Waals surface area contributed by atoms with Crippen molar-refractivity contribution >= 4 is 34.7 Å². The van der Waals surface area contributed by atoms with Gasteiger partial charge in [0.05, 0.1) is 15.9 Å². The Balaban J connectivity index is 1.96. The number of pyridine rings is 1. The number of carbonyl (C=O) groups excluding carboxylic acids is 1. The molecular weight excluding hydrogens is 306 g/mol. The molecule has 2 N–H and O–H groups in total. The second-order valence-electron chi connectivity index (χ2n) is 4.70. The molecule has 0 radical (unpaired) electrons. The Morgan fingerprint density at radius 3 is 2.76 bits per heavy atom. The van der Waals surface area contributed by atoms with Crippen molar-refractivity contribution in [1.82, 2.24) is 10.3 Å². The zero-order valence-electron chi connectivity index (χ0n) is 12.0.